The highest BCUT2D eigenvalue weighted by molar-refractivity contribution is 5.35. The maximum absolute atomic E-state index is 6.44. The minimum Gasteiger partial charge on any atom is -0.355 e. The molecule has 2 aliphatic rings. The van der Waals surface area contributed by atoms with Crippen molar-refractivity contribution in [1.82, 2.24) is 4.90 Å². The van der Waals surface area contributed by atoms with Crippen LogP contribution in [0.2, 0.25) is 0 Å². The second-order valence-corrected chi connectivity index (χ2v) is 6.37. The van der Waals surface area contributed by atoms with E-state index in [1.807, 2.05) is 0 Å². The average molecular weight is 289 g/mol. The lowest BCUT2D eigenvalue weighted by molar-refractivity contribution is -0.228. The molecule has 0 bridgehead atoms. The lowest BCUT2D eigenvalue weighted by Gasteiger charge is -2.47. The van der Waals surface area contributed by atoms with E-state index in [2.05, 4.69) is 36.1 Å². The van der Waals surface area contributed by atoms with Gasteiger partial charge in [-0.3, -0.25) is 0 Å². The zero-order valence-corrected chi connectivity index (χ0v) is 13.3. The van der Waals surface area contributed by atoms with E-state index in [-0.39, 0.29) is 11.9 Å². The van der Waals surface area contributed by atoms with Gasteiger partial charge in [0.25, 0.3) is 0 Å². The highest BCUT2D eigenvalue weighted by Crippen LogP contribution is 2.42. The summed E-state index contributed by atoms with van der Waals surface area (Å²) in [6.45, 7) is 5.64. The minimum atomic E-state index is -0.165. The lowest BCUT2D eigenvalue weighted by atomic mass is 9.80. The van der Waals surface area contributed by atoms with E-state index in [0.717, 1.165) is 19.4 Å². The van der Waals surface area contributed by atoms with Crippen molar-refractivity contribution in [2.75, 3.05) is 26.7 Å². The number of rotatable bonds is 4. The Morgan fingerprint density at radius 1 is 1.38 bits per heavy atom. The first-order chi connectivity index (χ1) is 10.3. The Bertz CT molecular complexity index is 476. The van der Waals surface area contributed by atoms with Crippen LogP contribution in [0.25, 0.3) is 0 Å². The number of unbranched alkanes of at least 4 members (excludes halogenated alkanes) is 1. The van der Waals surface area contributed by atoms with Crippen molar-refractivity contribution in [3.8, 4) is 0 Å². The largest absolute Gasteiger partial charge is 0.355 e. The molecular weight excluding hydrogens is 262 g/mol. The Morgan fingerprint density at radius 2 is 2.24 bits per heavy atom. The Balaban J connectivity index is 1.87. The standard InChI is InChI=1S/C18H27NO2/c1-3-4-11-19-12-7-10-18(14-19)16-9-6-5-8-15(16)13-17(20-2)21-18/h5-6,8-9,17H,3-4,7,10-14H2,1-2H3/t17-,18+/m0/s1. The van der Waals surface area contributed by atoms with Gasteiger partial charge >= 0.3 is 0 Å². The Labute approximate surface area is 128 Å². The maximum atomic E-state index is 6.44. The van der Waals surface area contributed by atoms with Crippen molar-refractivity contribution in [3.05, 3.63) is 35.4 Å². The summed E-state index contributed by atoms with van der Waals surface area (Å²) in [5.74, 6) is 0. The maximum Gasteiger partial charge on any atom is 0.162 e. The second-order valence-electron chi connectivity index (χ2n) is 6.37. The van der Waals surface area contributed by atoms with Crippen molar-refractivity contribution in [1.29, 1.82) is 0 Å². The van der Waals surface area contributed by atoms with Gasteiger partial charge in [-0.25, -0.2) is 0 Å². The SMILES string of the molecule is CCCCN1CCC[C@]2(C1)O[C@H](OC)Cc1ccccc12. The fourth-order valence-corrected chi connectivity index (χ4v) is 3.81. The molecule has 2 heterocycles. The van der Waals surface area contributed by atoms with E-state index in [9.17, 15) is 0 Å². The molecule has 3 heteroatoms. The smallest absolute Gasteiger partial charge is 0.162 e. The summed E-state index contributed by atoms with van der Waals surface area (Å²) >= 11 is 0. The summed E-state index contributed by atoms with van der Waals surface area (Å²) in [7, 11) is 1.75. The van der Waals surface area contributed by atoms with Gasteiger partial charge in [0.05, 0.1) is 0 Å². The molecule has 0 saturated carbocycles. The van der Waals surface area contributed by atoms with Crippen LogP contribution in [0.15, 0.2) is 24.3 Å². The summed E-state index contributed by atoms with van der Waals surface area (Å²) < 4.78 is 12.0. The van der Waals surface area contributed by atoms with Gasteiger partial charge in [-0.2, -0.15) is 0 Å². The molecule has 1 saturated heterocycles. The predicted octanol–water partition coefficient (Wildman–Crippen LogP) is 3.32. The van der Waals surface area contributed by atoms with Crippen molar-refractivity contribution in [3.63, 3.8) is 0 Å². The third-order valence-electron chi connectivity index (χ3n) is 4.88. The van der Waals surface area contributed by atoms with E-state index >= 15 is 0 Å². The molecule has 0 aromatic heterocycles. The fraction of sp³-hybridized carbons (Fsp3) is 0.667. The van der Waals surface area contributed by atoms with Crippen LogP contribution in [-0.2, 0) is 21.5 Å². The van der Waals surface area contributed by atoms with E-state index < -0.39 is 0 Å². The number of methoxy groups -OCH3 is 1. The molecular formula is C18H27NO2. The molecule has 21 heavy (non-hydrogen) atoms. The minimum absolute atomic E-state index is 0.106. The molecule has 3 rings (SSSR count). The second kappa shape index (κ2) is 6.47. The molecule has 1 aromatic rings. The first-order valence-corrected chi connectivity index (χ1v) is 8.29. The number of likely N-dealkylation sites (tertiary alicyclic amines) is 1. The van der Waals surface area contributed by atoms with Crippen LogP contribution in [0.1, 0.15) is 43.7 Å². The summed E-state index contributed by atoms with van der Waals surface area (Å²) in [4.78, 5) is 2.57. The third-order valence-corrected chi connectivity index (χ3v) is 4.88. The number of benzene rings is 1. The van der Waals surface area contributed by atoms with Crippen molar-refractivity contribution in [2.24, 2.45) is 0 Å². The predicted molar refractivity (Wildman–Crippen MR) is 84.3 cm³/mol. The van der Waals surface area contributed by atoms with E-state index in [4.69, 9.17) is 9.47 Å². The van der Waals surface area contributed by atoms with E-state index in [1.54, 1.807) is 7.11 Å². The highest BCUT2D eigenvalue weighted by Gasteiger charge is 2.44. The number of hydrogen-bond acceptors (Lipinski definition) is 3. The van der Waals surface area contributed by atoms with Gasteiger partial charge in [-0.05, 0) is 43.5 Å². The zero-order chi connectivity index (χ0) is 14.7. The van der Waals surface area contributed by atoms with Crippen LogP contribution in [0.3, 0.4) is 0 Å². The quantitative estimate of drug-likeness (QED) is 0.848. The normalized spacial score (nSPS) is 29.5. The van der Waals surface area contributed by atoms with Crippen LogP contribution in [0, 0.1) is 0 Å². The molecule has 2 aliphatic heterocycles. The molecule has 0 amide bonds. The van der Waals surface area contributed by atoms with Crippen LogP contribution in [0.5, 0.6) is 0 Å². The van der Waals surface area contributed by atoms with Crippen LogP contribution in [0.4, 0.5) is 0 Å². The van der Waals surface area contributed by atoms with Crippen molar-refractivity contribution in [2.45, 2.75) is 50.9 Å². The van der Waals surface area contributed by atoms with E-state index in [1.165, 1.54) is 43.5 Å². The number of hydrogen-bond donors (Lipinski definition) is 0. The van der Waals surface area contributed by atoms with Crippen LogP contribution >= 0.6 is 0 Å². The average Bonchev–Trinajstić information content (AvgIpc) is 2.53. The van der Waals surface area contributed by atoms with Gasteiger partial charge in [-0.15, -0.1) is 0 Å². The summed E-state index contributed by atoms with van der Waals surface area (Å²) in [5, 5.41) is 0. The van der Waals surface area contributed by atoms with Gasteiger partial charge in [0.15, 0.2) is 6.29 Å². The summed E-state index contributed by atoms with van der Waals surface area (Å²) in [6, 6.07) is 8.76. The topological polar surface area (TPSA) is 21.7 Å². The zero-order valence-electron chi connectivity index (χ0n) is 13.3. The molecule has 0 N–H and O–H groups in total. The summed E-state index contributed by atoms with van der Waals surface area (Å²) in [5.41, 5.74) is 2.62. The van der Waals surface area contributed by atoms with Gasteiger partial charge in [-0.1, -0.05) is 37.6 Å². The molecule has 1 fully saturated rings. The molecule has 0 unspecified atom stereocenters. The van der Waals surface area contributed by atoms with Gasteiger partial charge in [0, 0.05) is 20.1 Å². The molecule has 0 aliphatic carbocycles. The Kier molecular flexibility index (Phi) is 4.63. The fourth-order valence-electron chi connectivity index (χ4n) is 3.81. The number of nitrogens with zero attached hydrogens (tertiary/aromatic N) is 1. The molecule has 2 atom stereocenters. The molecule has 116 valence electrons. The highest BCUT2D eigenvalue weighted by atomic mass is 16.7. The monoisotopic (exact) mass is 289 g/mol. The Morgan fingerprint density at radius 3 is 3.05 bits per heavy atom. The molecule has 1 aromatic carbocycles. The first kappa shape index (κ1) is 15.0. The molecule has 0 radical (unpaired) electrons. The number of piperidine rings is 1. The lowest BCUT2D eigenvalue weighted by Crippen LogP contribution is -2.52. The molecule has 3 nitrogen and oxygen atoms in total. The van der Waals surface area contributed by atoms with Gasteiger partial charge in [0.2, 0.25) is 0 Å². The van der Waals surface area contributed by atoms with Gasteiger partial charge in [0.1, 0.15) is 5.60 Å². The van der Waals surface area contributed by atoms with Crippen LogP contribution in [-0.4, -0.2) is 37.9 Å². The third kappa shape index (κ3) is 3.01. The van der Waals surface area contributed by atoms with E-state index in [0.29, 0.717) is 0 Å². The van der Waals surface area contributed by atoms with Gasteiger partial charge < -0.3 is 14.4 Å². The summed E-state index contributed by atoms with van der Waals surface area (Å²) in [6.07, 6.45) is 5.59. The Hall–Kier alpha value is -0.900. The number of ether oxygens (including phenoxy) is 2. The molecule has 1 spiro atoms. The first-order valence-electron chi connectivity index (χ1n) is 8.29. The van der Waals surface area contributed by atoms with Crippen molar-refractivity contribution >= 4 is 0 Å². The number of fused-ring (bicyclic) bond motifs is 2. The van der Waals surface area contributed by atoms with Crippen molar-refractivity contribution < 1.29 is 9.47 Å². The van der Waals surface area contributed by atoms with Crippen LogP contribution < -0.4 is 0 Å².